The molecule has 1 amide bonds. The second-order valence-corrected chi connectivity index (χ2v) is 6.25. The van der Waals surface area contributed by atoms with E-state index in [1.165, 1.54) is 6.08 Å². The molecule has 0 aliphatic heterocycles. The number of anilines is 1. The lowest BCUT2D eigenvalue weighted by molar-refractivity contribution is -0.111. The zero-order valence-corrected chi connectivity index (χ0v) is 15.2. The zero-order chi connectivity index (χ0) is 19.2. The molecule has 0 bridgehead atoms. The van der Waals surface area contributed by atoms with Gasteiger partial charge in [-0.3, -0.25) is 4.79 Å². The van der Waals surface area contributed by atoms with Gasteiger partial charge < -0.3 is 14.5 Å². The van der Waals surface area contributed by atoms with E-state index in [1.54, 1.807) is 12.1 Å². The van der Waals surface area contributed by atoms with E-state index < -0.39 is 0 Å². The molecule has 5 heteroatoms. The molecule has 138 valence electrons. The van der Waals surface area contributed by atoms with Crippen molar-refractivity contribution in [2.24, 2.45) is 0 Å². The number of nitrogens with one attached hydrogen (secondary N) is 1. The van der Waals surface area contributed by atoms with E-state index >= 15 is 0 Å². The van der Waals surface area contributed by atoms with Crippen LogP contribution in [-0.4, -0.2) is 15.3 Å². The molecule has 0 radical (unpaired) electrons. The summed E-state index contributed by atoms with van der Waals surface area (Å²) in [5, 5.41) is 2.85. The van der Waals surface area contributed by atoms with Crippen molar-refractivity contribution in [3.63, 3.8) is 0 Å². The molecule has 0 saturated heterocycles. The normalized spacial score (nSPS) is 11.0. The van der Waals surface area contributed by atoms with Crippen molar-refractivity contribution in [3.05, 3.63) is 103 Å². The highest BCUT2D eigenvalue weighted by molar-refractivity contribution is 6.02. The predicted molar refractivity (Wildman–Crippen MR) is 110 cm³/mol. The number of imidazole rings is 1. The first-order valence-electron chi connectivity index (χ1n) is 8.96. The number of hydrogen-bond donors (Lipinski definition) is 1. The van der Waals surface area contributed by atoms with Gasteiger partial charge in [-0.1, -0.05) is 42.5 Å². The maximum Gasteiger partial charge on any atom is 0.248 e. The third-order valence-corrected chi connectivity index (χ3v) is 4.13. The second-order valence-electron chi connectivity index (χ2n) is 6.25. The maximum atomic E-state index is 12.1. The van der Waals surface area contributed by atoms with Crippen LogP contribution in [0.5, 0.6) is 5.75 Å². The summed E-state index contributed by atoms with van der Waals surface area (Å²) in [6.45, 7) is 0.354. The largest absolute Gasteiger partial charge is 0.487 e. The number of carbonyl (C=O) groups is 1. The smallest absolute Gasteiger partial charge is 0.248 e. The van der Waals surface area contributed by atoms with Crippen LogP contribution in [0.4, 0.5) is 5.69 Å². The van der Waals surface area contributed by atoms with Crippen molar-refractivity contribution in [2.75, 3.05) is 5.32 Å². The Balaban J connectivity index is 1.37. The lowest BCUT2D eigenvalue weighted by Gasteiger charge is -2.07. The molecule has 0 spiro atoms. The Bertz CT molecular complexity index is 1080. The van der Waals surface area contributed by atoms with Crippen molar-refractivity contribution in [2.45, 2.75) is 6.61 Å². The van der Waals surface area contributed by atoms with E-state index in [4.69, 9.17) is 4.74 Å². The highest BCUT2D eigenvalue weighted by atomic mass is 16.5. The first-order valence-corrected chi connectivity index (χ1v) is 8.96. The van der Waals surface area contributed by atoms with E-state index in [0.29, 0.717) is 18.0 Å². The Morgan fingerprint density at radius 2 is 1.89 bits per heavy atom. The summed E-state index contributed by atoms with van der Waals surface area (Å²) in [4.78, 5) is 16.6. The van der Waals surface area contributed by atoms with Crippen molar-refractivity contribution in [1.29, 1.82) is 0 Å². The van der Waals surface area contributed by atoms with E-state index in [-0.39, 0.29) is 5.91 Å². The average molecular weight is 369 g/mol. The summed E-state index contributed by atoms with van der Waals surface area (Å²) < 4.78 is 7.78. The van der Waals surface area contributed by atoms with E-state index in [2.05, 4.69) is 10.3 Å². The van der Waals surface area contributed by atoms with Crippen LogP contribution in [0.1, 0.15) is 11.3 Å². The second kappa shape index (κ2) is 8.22. The first-order chi connectivity index (χ1) is 13.8. The number of pyridine rings is 1. The van der Waals surface area contributed by atoms with Gasteiger partial charge in [0.2, 0.25) is 5.91 Å². The topological polar surface area (TPSA) is 55.6 Å². The Morgan fingerprint density at radius 1 is 1.04 bits per heavy atom. The van der Waals surface area contributed by atoms with Crippen LogP contribution in [-0.2, 0) is 11.4 Å². The van der Waals surface area contributed by atoms with E-state index in [0.717, 1.165) is 16.9 Å². The number of rotatable bonds is 6. The fraction of sp³-hybridized carbons (Fsp3) is 0.0435. The monoisotopic (exact) mass is 369 g/mol. The van der Waals surface area contributed by atoms with Gasteiger partial charge in [0, 0.05) is 30.2 Å². The summed E-state index contributed by atoms with van der Waals surface area (Å²) in [6, 6.07) is 22.9. The Labute approximate surface area is 162 Å². The van der Waals surface area contributed by atoms with Gasteiger partial charge in [-0.05, 0) is 35.9 Å². The zero-order valence-electron chi connectivity index (χ0n) is 15.2. The average Bonchev–Trinajstić information content (AvgIpc) is 3.15. The molecular formula is C23H19N3O2. The van der Waals surface area contributed by atoms with E-state index in [1.807, 2.05) is 83.5 Å². The number of carbonyl (C=O) groups excluding carboxylic acids is 1. The van der Waals surface area contributed by atoms with Crippen molar-refractivity contribution in [1.82, 2.24) is 9.38 Å². The number of hydrogen-bond acceptors (Lipinski definition) is 3. The van der Waals surface area contributed by atoms with Gasteiger partial charge in [0.15, 0.2) is 0 Å². The van der Waals surface area contributed by atoms with E-state index in [9.17, 15) is 4.79 Å². The molecule has 2 aromatic carbocycles. The van der Waals surface area contributed by atoms with Crippen LogP contribution in [0.25, 0.3) is 11.7 Å². The maximum absolute atomic E-state index is 12.1. The third kappa shape index (κ3) is 4.45. The van der Waals surface area contributed by atoms with Crippen molar-refractivity contribution >= 4 is 23.3 Å². The number of ether oxygens (including phenoxy) is 1. The van der Waals surface area contributed by atoms with Gasteiger partial charge >= 0.3 is 0 Å². The van der Waals surface area contributed by atoms with Gasteiger partial charge in [-0.25, -0.2) is 4.98 Å². The molecule has 2 heterocycles. The number of benzene rings is 2. The number of aromatic nitrogens is 2. The Hall–Kier alpha value is -3.86. The molecule has 1 N–H and O–H groups in total. The number of amides is 1. The van der Waals surface area contributed by atoms with Gasteiger partial charge in [0.1, 0.15) is 18.0 Å². The molecule has 4 rings (SSSR count). The molecule has 5 nitrogen and oxygen atoms in total. The third-order valence-electron chi connectivity index (χ3n) is 4.13. The minimum Gasteiger partial charge on any atom is -0.487 e. The Kier molecular flexibility index (Phi) is 5.15. The van der Waals surface area contributed by atoms with Crippen LogP contribution in [0.15, 0.2) is 91.3 Å². The molecule has 4 aromatic rings. The quantitative estimate of drug-likeness (QED) is 0.507. The summed E-state index contributed by atoms with van der Waals surface area (Å²) in [5.41, 5.74) is 3.37. The standard InChI is InChI=1S/C23H19N3O2/c27-23(13-12-18-7-2-1-3-8-18)25-19-9-6-10-21(15-19)28-17-20-16-26-14-5-4-11-22(26)24-20/h1-16H,17H2,(H,25,27)/b13-12+. The highest BCUT2D eigenvalue weighted by Gasteiger charge is 2.04. The van der Waals surface area contributed by atoms with Crippen LogP contribution in [0.3, 0.4) is 0 Å². The molecule has 0 atom stereocenters. The SMILES string of the molecule is O=C(/C=C/c1ccccc1)Nc1cccc(OCc2cn3ccccc3n2)c1. The molecule has 0 fully saturated rings. The summed E-state index contributed by atoms with van der Waals surface area (Å²) in [5.74, 6) is 0.475. The first kappa shape index (κ1) is 17.5. The van der Waals surface area contributed by atoms with Crippen LogP contribution >= 0.6 is 0 Å². The number of nitrogens with zero attached hydrogens (tertiary/aromatic N) is 2. The highest BCUT2D eigenvalue weighted by Crippen LogP contribution is 2.19. The molecule has 28 heavy (non-hydrogen) atoms. The molecular weight excluding hydrogens is 350 g/mol. The Morgan fingerprint density at radius 3 is 2.75 bits per heavy atom. The predicted octanol–water partition coefficient (Wildman–Crippen LogP) is 4.57. The number of fused-ring (bicyclic) bond motifs is 1. The summed E-state index contributed by atoms with van der Waals surface area (Å²) in [7, 11) is 0. The fourth-order valence-corrected chi connectivity index (χ4v) is 2.80. The lowest BCUT2D eigenvalue weighted by Crippen LogP contribution is -2.07. The lowest BCUT2D eigenvalue weighted by atomic mass is 10.2. The molecule has 0 aliphatic carbocycles. The fourth-order valence-electron chi connectivity index (χ4n) is 2.80. The van der Waals surface area contributed by atoms with Crippen LogP contribution in [0, 0.1) is 0 Å². The molecule has 0 unspecified atom stereocenters. The van der Waals surface area contributed by atoms with Gasteiger partial charge in [0.25, 0.3) is 0 Å². The molecule has 0 saturated carbocycles. The van der Waals surface area contributed by atoms with Crippen LogP contribution < -0.4 is 10.1 Å². The minimum atomic E-state index is -0.193. The minimum absolute atomic E-state index is 0.193. The van der Waals surface area contributed by atoms with Gasteiger partial charge in [-0.2, -0.15) is 0 Å². The van der Waals surface area contributed by atoms with Crippen molar-refractivity contribution < 1.29 is 9.53 Å². The molecule has 2 aromatic heterocycles. The summed E-state index contributed by atoms with van der Waals surface area (Å²) in [6.07, 6.45) is 7.18. The summed E-state index contributed by atoms with van der Waals surface area (Å²) >= 11 is 0. The van der Waals surface area contributed by atoms with Gasteiger partial charge in [-0.15, -0.1) is 0 Å². The molecule has 0 aliphatic rings. The van der Waals surface area contributed by atoms with Crippen LogP contribution in [0.2, 0.25) is 0 Å². The van der Waals surface area contributed by atoms with Crippen molar-refractivity contribution in [3.8, 4) is 5.75 Å². The van der Waals surface area contributed by atoms with Gasteiger partial charge in [0.05, 0.1) is 5.69 Å².